The van der Waals surface area contributed by atoms with Gasteiger partial charge in [-0.2, -0.15) is 0 Å². The molecule has 4 rings (SSSR count). The van der Waals surface area contributed by atoms with E-state index in [2.05, 4.69) is 0 Å². The highest BCUT2D eigenvalue weighted by atomic mass is 16.8. The summed E-state index contributed by atoms with van der Waals surface area (Å²) in [7, 11) is 0. The van der Waals surface area contributed by atoms with Gasteiger partial charge in [0.1, 0.15) is 85.5 Å². The predicted molar refractivity (Wildman–Crippen MR) is 126 cm³/mol. The molecule has 246 valence electrons. The molecule has 42 heavy (non-hydrogen) atoms. The summed E-state index contributed by atoms with van der Waals surface area (Å²) < 4.78 is 38.4. The maximum Gasteiger partial charge on any atom is 0.187 e. The standard InChI is InChI=1S/C23H40O19/c1-5-9(26)13(30)17(34)21(38-5)41-19-15(32)11(28)7(2-24)40-23(19)42-18-10(27)6(25)3-36-22(18)37-4-8-12(29)14(31)16(33)20(35)39-8/h5-35H,2-4H2,1H3/t5-,6+,7+,8+,9+,10-,11-,12+,13+,14-,15-,16+,17-,18+,19+,20+,21-,22+,23-/m0/s1. The first-order chi connectivity index (χ1) is 19.8. The Morgan fingerprint density at radius 2 is 1.17 bits per heavy atom. The maximum atomic E-state index is 10.8. The van der Waals surface area contributed by atoms with Gasteiger partial charge in [-0.3, -0.25) is 0 Å². The normalized spacial score (nSPS) is 54.1. The van der Waals surface area contributed by atoms with E-state index in [1.807, 2.05) is 0 Å². The largest absolute Gasteiger partial charge is 0.394 e. The lowest BCUT2D eigenvalue weighted by molar-refractivity contribution is -0.389. The first kappa shape index (κ1) is 34.1. The Bertz CT molecular complexity index is 855. The van der Waals surface area contributed by atoms with Crippen LogP contribution in [0.15, 0.2) is 0 Å². The third-order valence-electron chi connectivity index (χ3n) is 7.76. The van der Waals surface area contributed by atoms with Gasteiger partial charge in [0.2, 0.25) is 0 Å². The Hall–Kier alpha value is -0.760. The van der Waals surface area contributed by atoms with Crippen molar-refractivity contribution in [3.05, 3.63) is 0 Å². The highest BCUT2D eigenvalue weighted by molar-refractivity contribution is 4.95. The Labute approximate surface area is 238 Å². The maximum absolute atomic E-state index is 10.8. The number of rotatable bonds is 8. The van der Waals surface area contributed by atoms with Gasteiger partial charge in [-0.15, -0.1) is 0 Å². The minimum Gasteiger partial charge on any atom is -0.394 e. The molecule has 4 heterocycles. The van der Waals surface area contributed by atoms with Gasteiger partial charge in [0.25, 0.3) is 0 Å². The van der Waals surface area contributed by atoms with Crippen molar-refractivity contribution in [1.29, 1.82) is 0 Å². The predicted octanol–water partition coefficient (Wildman–Crippen LogP) is -8.08. The van der Waals surface area contributed by atoms with Crippen LogP contribution in [0.3, 0.4) is 0 Å². The molecule has 0 aromatic heterocycles. The average molecular weight is 621 g/mol. The minimum absolute atomic E-state index is 0.462. The van der Waals surface area contributed by atoms with Crippen molar-refractivity contribution in [2.45, 2.75) is 124 Å². The molecule has 0 bridgehead atoms. The lowest BCUT2D eigenvalue weighted by Gasteiger charge is -2.47. The summed E-state index contributed by atoms with van der Waals surface area (Å²) in [6, 6.07) is 0. The van der Waals surface area contributed by atoms with Crippen LogP contribution < -0.4 is 0 Å². The summed E-state index contributed by atoms with van der Waals surface area (Å²) >= 11 is 0. The van der Waals surface area contributed by atoms with E-state index in [0.29, 0.717) is 0 Å². The third-order valence-corrected chi connectivity index (χ3v) is 7.76. The van der Waals surface area contributed by atoms with Crippen molar-refractivity contribution >= 4 is 0 Å². The molecule has 19 heteroatoms. The zero-order valence-electron chi connectivity index (χ0n) is 22.3. The summed E-state index contributed by atoms with van der Waals surface area (Å²) in [5.74, 6) is 0. The van der Waals surface area contributed by atoms with E-state index in [0.717, 1.165) is 0 Å². The van der Waals surface area contributed by atoms with Crippen LogP contribution >= 0.6 is 0 Å². The average Bonchev–Trinajstić information content (AvgIpc) is 2.97. The summed E-state index contributed by atoms with van der Waals surface area (Å²) in [4.78, 5) is 0. The Morgan fingerprint density at radius 1 is 0.571 bits per heavy atom. The Balaban J connectivity index is 1.51. The number of hydrogen-bond acceptors (Lipinski definition) is 19. The molecule has 0 aliphatic carbocycles. The first-order valence-corrected chi connectivity index (χ1v) is 13.4. The van der Waals surface area contributed by atoms with Gasteiger partial charge in [-0.1, -0.05) is 0 Å². The van der Waals surface area contributed by atoms with Crippen LogP contribution in [0.2, 0.25) is 0 Å². The number of aliphatic hydroxyl groups is 12. The fraction of sp³-hybridized carbons (Fsp3) is 1.00. The molecular weight excluding hydrogens is 580 g/mol. The highest BCUT2D eigenvalue weighted by Gasteiger charge is 2.53. The van der Waals surface area contributed by atoms with Crippen LogP contribution in [-0.2, 0) is 33.2 Å². The van der Waals surface area contributed by atoms with Crippen LogP contribution in [0.25, 0.3) is 0 Å². The fourth-order valence-corrected chi connectivity index (χ4v) is 5.06. The van der Waals surface area contributed by atoms with Crippen LogP contribution in [-0.4, -0.2) is 198 Å². The molecule has 19 atom stereocenters. The minimum atomic E-state index is -1.87. The molecular formula is C23H40O19. The van der Waals surface area contributed by atoms with Crippen LogP contribution in [0.4, 0.5) is 0 Å². The van der Waals surface area contributed by atoms with E-state index in [1.54, 1.807) is 0 Å². The molecule has 0 spiro atoms. The van der Waals surface area contributed by atoms with Gasteiger partial charge in [-0.05, 0) is 6.92 Å². The highest BCUT2D eigenvalue weighted by Crippen LogP contribution is 2.32. The smallest absolute Gasteiger partial charge is 0.187 e. The van der Waals surface area contributed by atoms with Crippen molar-refractivity contribution in [2.75, 3.05) is 19.8 Å². The molecule has 0 unspecified atom stereocenters. The van der Waals surface area contributed by atoms with Gasteiger partial charge in [-0.25, -0.2) is 0 Å². The van der Waals surface area contributed by atoms with Crippen molar-refractivity contribution in [2.24, 2.45) is 0 Å². The van der Waals surface area contributed by atoms with Crippen molar-refractivity contribution < 1.29 is 94.4 Å². The monoisotopic (exact) mass is 620 g/mol. The molecule has 4 aliphatic rings. The summed E-state index contributed by atoms with van der Waals surface area (Å²) in [6.45, 7) is -0.494. The molecule has 0 aromatic rings. The van der Waals surface area contributed by atoms with Gasteiger partial charge in [0.15, 0.2) is 25.2 Å². The molecule has 12 N–H and O–H groups in total. The lowest BCUT2D eigenvalue weighted by Crippen LogP contribution is -2.66. The quantitative estimate of drug-likeness (QED) is 0.120. The van der Waals surface area contributed by atoms with E-state index < -0.39 is 137 Å². The second-order valence-electron chi connectivity index (χ2n) is 10.7. The Morgan fingerprint density at radius 3 is 1.83 bits per heavy atom. The zero-order valence-corrected chi connectivity index (χ0v) is 22.3. The number of hydrogen-bond donors (Lipinski definition) is 12. The third kappa shape index (κ3) is 6.89. The van der Waals surface area contributed by atoms with Gasteiger partial charge in [0.05, 0.1) is 25.9 Å². The number of aliphatic hydroxyl groups excluding tert-OH is 12. The van der Waals surface area contributed by atoms with Crippen molar-refractivity contribution in [1.82, 2.24) is 0 Å². The van der Waals surface area contributed by atoms with E-state index in [-0.39, 0.29) is 0 Å². The van der Waals surface area contributed by atoms with E-state index in [1.165, 1.54) is 6.92 Å². The summed E-state index contributed by atoms with van der Waals surface area (Å²) in [5.41, 5.74) is 0. The topological polar surface area (TPSA) is 307 Å². The van der Waals surface area contributed by atoms with Gasteiger partial charge < -0.3 is 94.4 Å². The zero-order chi connectivity index (χ0) is 31.0. The van der Waals surface area contributed by atoms with E-state index >= 15 is 0 Å². The fourth-order valence-electron chi connectivity index (χ4n) is 5.06. The summed E-state index contributed by atoms with van der Waals surface area (Å²) in [5, 5.41) is 122. The molecule has 19 nitrogen and oxygen atoms in total. The van der Waals surface area contributed by atoms with Gasteiger partial charge >= 0.3 is 0 Å². The molecule has 0 amide bonds. The van der Waals surface area contributed by atoms with E-state index in [9.17, 15) is 61.3 Å². The molecule has 4 fully saturated rings. The van der Waals surface area contributed by atoms with Crippen LogP contribution in [0, 0.1) is 0 Å². The second kappa shape index (κ2) is 14.1. The van der Waals surface area contributed by atoms with Gasteiger partial charge in [0, 0.05) is 0 Å². The second-order valence-corrected chi connectivity index (χ2v) is 10.7. The lowest BCUT2D eigenvalue weighted by atomic mass is 9.97. The molecule has 0 aromatic carbocycles. The number of ether oxygens (including phenoxy) is 7. The van der Waals surface area contributed by atoms with Crippen LogP contribution in [0.1, 0.15) is 6.92 Å². The molecule has 0 saturated carbocycles. The first-order valence-electron chi connectivity index (χ1n) is 13.4. The molecule has 4 aliphatic heterocycles. The molecule has 0 radical (unpaired) electrons. The van der Waals surface area contributed by atoms with E-state index in [4.69, 9.17) is 33.2 Å². The Kier molecular flexibility index (Phi) is 11.5. The molecule has 4 saturated heterocycles. The van der Waals surface area contributed by atoms with Crippen molar-refractivity contribution in [3.63, 3.8) is 0 Å². The SMILES string of the molecule is C[C@@H]1O[C@@H](O[C@H]2[C@H](O[C@H]3[C@@H](OC[C@H]4O[C@@H](O)[C@H](O)[C@@H](O)[C@@H]4O)OC[C@@H](O)[C@@H]3O)O[C@H](CO)[C@H](O)[C@@H]2O)[C@@H](O)[C@H](O)[C@@H]1O. The van der Waals surface area contributed by atoms with Crippen LogP contribution in [0.5, 0.6) is 0 Å². The van der Waals surface area contributed by atoms with Crippen molar-refractivity contribution in [3.8, 4) is 0 Å². The summed E-state index contributed by atoms with van der Waals surface area (Å²) in [6.07, 6.45) is -31.4.